The Morgan fingerprint density at radius 3 is 2.59 bits per heavy atom. The van der Waals surface area contributed by atoms with Crippen LogP contribution in [-0.2, 0) is 20.9 Å². The molecule has 0 saturated carbocycles. The van der Waals surface area contributed by atoms with Crippen LogP contribution >= 0.6 is 15.9 Å². The number of methoxy groups -OCH3 is 1. The van der Waals surface area contributed by atoms with Gasteiger partial charge < -0.3 is 14.5 Å². The molecule has 0 bridgehead atoms. The average molecular weight is 431 g/mol. The van der Waals surface area contributed by atoms with E-state index >= 15 is 0 Å². The van der Waals surface area contributed by atoms with Crippen molar-refractivity contribution in [2.45, 2.75) is 13.0 Å². The molecule has 0 aromatic heterocycles. The van der Waals surface area contributed by atoms with E-state index in [1.54, 1.807) is 16.9 Å². The van der Waals surface area contributed by atoms with Gasteiger partial charge in [-0.1, -0.05) is 42.5 Å². The lowest BCUT2D eigenvalue weighted by atomic mass is 10.1. The van der Waals surface area contributed by atoms with Gasteiger partial charge in [0.15, 0.2) is 0 Å². The summed E-state index contributed by atoms with van der Waals surface area (Å²) in [6.07, 6.45) is 0.235. The fourth-order valence-electron chi connectivity index (χ4n) is 3.31. The molecule has 2 aromatic carbocycles. The highest BCUT2D eigenvalue weighted by molar-refractivity contribution is 9.10. The molecule has 1 fully saturated rings. The third-order valence-electron chi connectivity index (χ3n) is 4.71. The van der Waals surface area contributed by atoms with Gasteiger partial charge >= 0.3 is 0 Å². The molecule has 0 N–H and O–H groups in total. The van der Waals surface area contributed by atoms with Crippen molar-refractivity contribution in [2.75, 3.05) is 31.7 Å². The zero-order valence-corrected chi connectivity index (χ0v) is 16.9. The normalized spacial score (nSPS) is 16.6. The molecular weight excluding hydrogens is 408 g/mol. The Morgan fingerprint density at radius 1 is 1.19 bits per heavy atom. The minimum absolute atomic E-state index is 0.00110. The molecule has 2 aromatic rings. The van der Waals surface area contributed by atoms with E-state index in [2.05, 4.69) is 15.9 Å². The number of rotatable bonds is 7. The number of para-hydroxylation sites is 1. The standard InChI is InChI=1S/C21H23BrN2O3/c1-27-12-11-23(14-16-7-3-2-4-8-16)21(26)17-13-20(25)24(15-17)19-10-6-5-9-18(19)22/h2-10,17H,11-15H2,1H3. The average Bonchev–Trinajstić information content (AvgIpc) is 3.07. The van der Waals surface area contributed by atoms with E-state index in [-0.39, 0.29) is 24.2 Å². The number of hydrogen-bond donors (Lipinski definition) is 0. The van der Waals surface area contributed by atoms with Gasteiger partial charge in [-0.15, -0.1) is 0 Å². The summed E-state index contributed by atoms with van der Waals surface area (Å²) in [4.78, 5) is 29.2. The lowest BCUT2D eigenvalue weighted by Gasteiger charge is -2.26. The molecule has 1 unspecified atom stereocenters. The Balaban J connectivity index is 1.74. The molecule has 1 atom stereocenters. The fourth-order valence-corrected chi connectivity index (χ4v) is 3.81. The van der Waals surface area contributed by atoms with Gasteiger partial charge in [-0.3, -0.25) is 9.59 Å². The first-order chi connectivity index (χ1) is 13.1. The molecule has 1 aliphatic heterocycles. The predicted octanol–water partition coefficient (Wildman–Crippen LogP) is 3.48. The van der Waals surface area contributed by atoms with Gasteiger partial charge in [0.2, 0.25) is 11.8 Å². The molecule has 5 nitrogen and oxygen atoms in total. The van der Waals surface area contributed by atoms with E-state index in [0.29, 0.717) is 26.2 Å². The van der Waals surface area contributed by atoms with E-state index in [1.165, 1.54) is 0 Å². The van der Waals surface area contributed by atoms with Crippen LogP contribution in [0, 0.1) is 5.92 Å². The Morgan fingerprint density at radius 2 is 1.89 bits per heavy atom. The monoisotopic (exact) mass is 430 g/mol. The van der Waals surface area contributed by atoms with E-state index in [4.69, 9.17) is 4.74 Å². The maximum Gasteiger partial charge on any atom is 0.228 e. The third kappa shape index (κ3) is 4.76. The van der Waals surface area contributed by atoms with Crippen LogP contribution in [0.25, 0.3) is 0 Å². The van der Waals surface area contributed by atoms with Gasteiger partial charge in [0.25, 0.3) is 0 Å². The minimum atomic E-state index is -0.342. The van der Waals surface area contributed by atoms with E-state index in [1.807, 2.05) is 54.6 Å². The fraction of sp³-hybridized carbons (Fsp3) is 0.333. The molecule has 1 heterocycles. The van der Waals surface area contributed by atoms with Crippen LogP contribution in [0.3, 0.4) is 0 Å². The molecular formula is C21H23BrN2O3. The van der Waals surface area contributed by atoms with Crippen LogP contribution in [0.2, 0.25) is 0 Å². The molecule has 0 aliphatic carbocycles. The first-order valence-electron chi connectivity index (χ1n) is 8.96. The maximum absolute atomic E-state index is 13.1. The molecule has 0 radical (unpaired) electrons. The van der Waals surface area contributed by atoms with Crippen molar-refractivity contribution in [1.82, 2.24) is 4.90 Å². The van der Waals surface area contributed by atoms with Crippen molar-refractivity contribution in [1.29, 1.82) is 0 Å². The highest BCUT2D eigenvalue weighted by Crippen LogP contribution is 2.32. The summed E-state index contributed by atoms with van der Waals surface area (Å²) < 4.78 is 6.03. The Hall–Kier alpha value is -2.18. The zero-order chi connectivity index (χ0) is 19.2. The van der Waals surface area contributed by atoms with Gasteiger partial charge in [0.1, 0.15) is 0 Å². The lowest BCUT2D eigenvalue weighted by Crippen LogP contribution is -2.39. The summed E-state index contributed by atoms with van der Waals surface area (Å²) in [5, 5.41) is 0. The van der Waals surface area contributed by atoms with Crippen molar-refractivity contribution in [3.63, 3.8) is 0 Å². The number of amides is 2. The Labute approximate surface area is 168 Å². The molecule has 27 heavy (non-hydrogen) atoms. The second-order valence-corrected chi connectivity index (χ2v) is 7.45. The van der Waals surface area contributed by atoms with Crippen molar-refractivity contribution in [3.05, 3.63) is 64.6 Å². The van der Waals surface area contributed by atoms with Crippen molar-refractivity contribution >= 4 is 33.4 Å². The second-order valence-electron chi connectivity index (χ2n) is 6.59. The number of carbonyl (C=O) groups excluding carboxylic acids is 2. The topological polar surface area (TPSA) is 49.9 Å². The van der Waals surface area contributed by atoms with Gasteiger partial charge in [-0.05, 0) is 33.6 Å². The first kappa shape index (κ1) is 19.6. The van der Waals surface area contributed by atoms with Crippen LogP contribution in [-0.4, -0.2) is 43.5 Å². The van der Waals surface area contributed by atoms with Crippen LogP contribution in [0.1, 0.15) is 12.0 Å². The summed E-state index contributed by atoms with van der Waals surface area (Å²) in [7, 11) is 1.62. The van der Waals surface area contributed by atoms with Gasteiger partial charge in [-0.2, -0.15) is 0 Å². The molecule has 3 rings (SSSR count). The van der Waals surface area contributed by atoms with E-state index in [0.717, 1.165) is 15.7 Å². The quantitative estimate of drug-likeness (QED) is 0.675. The van der Waals surface area contributed by atoms with Gasteiger partial charge in [0.05, 0.1) is 18.2 Å². The van der Waals surface area contributed by atoms with Gasteiger partial charge in [0, 0.05) is 37.6 Å². The third-order valence-corrected chi connectivity index (χ3v) is 5.38. The number of nitrogens with zero attached hydrogens (tertiary/aromatic N) is 2. The number of anilines is 1. The van der Waals surface area contributed by atoms with Crippen LogP contribution < -0.4 is 4.90 Å². The smallest absolute Gasteiger partial charge is 0.228 e. The number of carbonyl (C=O) groups is 2. The lowest BCUT2D eigenvalue weighted by molar-refractivity contribution is -0.137. The number of halogens is 1. The summed E-state index contributed by atoms with van der Waals surface area (Å²) >= 11 is 3.49. The molecule has 0 spiro atoms. The highest BCUT2D eigenvalue weighted by Gasteiger charge is 2.37. The molecule has 1 aliphatic rings. The van der Waals surface area contributed by atoms with Crippen LogP contribution in [0.15, 0.2) is 59.1 Å². The molecule has 6 heteroatoms. The zero-order valence-electron chi connectivity index (χ0n) is 15.3. The summed E-state index contributed by atoms with van der Waals surface area (Å²) in [6, 6.07) is 17.5. The van der Waals surface area contributed by atoms with Crippen molar-refractivity contribution in [3.8, 4) is 0 Å². The van der Waals surface area contributed by atoms with E-state index < -0.39 is 0 Å². The van der Waals surface area contributed by atoms with Gasteiger partial charge in [-0.25, -0.2) is 0 Å². The number of hydrogen-bond acceptors (Lipinski definition) is 3. The first-order valence-corrected chi connectivity index (χ1v) is 9.76. The number of ether oxygens (including phenoxy) is 1. The maximum atomic E-state index is 13.1. The molecule has 142 valence electrons. The summed E-state index contributed by atoms with van der Waals surface area (Å²) in [5.41, 5.74) is 1.87. The predicted molar refractivity (Wildman–Crippen MR) is 108 cm³/mol. The van der Waals surface area contributed by atoms with Crippen LogP contribution in [0.5, 0.6) is 0 Å². The Bertz CT molecular complexity index is 797. The summed E-state index contributed by atoms with van der Waals surface area (Å²) in [5.74, 6) is -0.365. The summed E-state index contributed by atoms with van der Waals surface area (Å²) in [6.45, 7) is 1.89. The molecule has 1 saturated heterocycles. The Kier molecular flexibility index (Phi) is 6.63. The highest BCUT2D eigenvalue weighted by atomic mass is 79.9. The molecule has 2 amide bonds. The second kappa shape index (κ2) is 9.15. The van der Waals surface area contributed by atoms with Crippen molar-refractivity contribution < 1.29 is 14.3 Å². The van der Waals surface area contributed by atoms with Crippen molar-refractivity contribution in [2.24, 2.45) is 5.92 Å². The minimum Gasteiger partial charge on any atom is -0.383 e. The number of benzene rings is 2. The SMILES string of the molecule is COCCN(Cc1ccccc1)C(=O)C1CC(=O)N(c2ccccc2Br)C1. The van der Waals surface area contributed by atoms with E-state index in [9.17, 15) is 9.59 Å². The van der Waals surface area contributed by atoms with Crippen LogP contribution in [0.4, 0.5) is 5.69 Å². The largest absolute Gasteiger partial charge is 0.383 e.